The van der Waals surface area contributed by atoms with Gasteiger partial charge >= 0.3 is 6.09 Å². The topological polar surface area (TPSA) is 106 Å². The fourth-order valence-electron chi connectivity index (χ4n) is 5.94. The fraction of sp³-hybridized carbons (Fsp3) is 0.688. The molecule has 4 rings (SSSR count). The quantitative estimate of drug-likeness (QED) is 0.358. The molecular formula is C32H47F2N5O6. The Morgan fingerprint density at radius 2 is 1.76 bits per heavy atom. The summed E-state index contributed by atoms with van der Waals surface area (Å²) in [6.45, 7) is 12.6. The number of carbonyl (C=O) groups excluding carboxylic acids is 3. The van der Waals surface area contributed by atoms with Crippen LogP contribution < -0.4 is 0 Å². The first-order chi connectivity index (χ1) is 21.3. The Kier molecular flexibility index (Phi) is 11.4. The molecule has 1 aromatic carbocycles. The molecule has 13 heteroatoms. The van der Waals surface area contributed by atoms with Crippen molar-refractivity contribution in [2.75, 3.05) is 59.7 Å². The Morgan fingerprint density at radius 3 is 2.40 bits per heavy atom. The number of morpholine rings is 1. The van der Waals surface area contributed by atoms with Gasteiger partial charge in [0.15, 0.2) is 17.5 Å². The molecule has 0 spiro atoms. The van der Waals surface area contributed by atoms with Crippen molar-refractivity contribution in [2.24, 2.45) is 11.8 Å². The SMILES string of the molecule is COCCCCn1c(C(=O)N(CC(C)C)[C@H]2C[C@@H](C(=O)N3CCOCC3)CN(C(=O)OC(C)(C)C)C2)nc2cc(F)c(F)cc21. The molecule has 2 fully saturated rings. The number of piperidine rings is 1. The van der Waals surface area contributed by atoms with E-state index >= 15 is 0 Å². The van der Waals surface area contributed by atoms with Crippen LogP contribution in [0.2, 0.25) is 0 Å². The van der Waals surface area contributed by atoms with E-state index in [2.05, 4.69) is 4.98 Å². The van der Waals surface area contributed by atoms with Gasteiger partial charge in [-0.05, 0) is 46.0 Å². The number of imidazole rings is 1. The van der Waals surface area contributed by atoms with Gasteiger partial charge in [-0.25, -0.2) is 18.6 Å². The zero-order valence-corrected chi connectivity index (χ0v) is 27.3. The third-order valence-electron chi connectivity index (χ3n) is 7.98. The fourth-order valence-corrected chi connectivity index (χ4v) is 5.94. The second kappa shape index (κ2) is 14.8. The molecule has 0 saturated carbocycles. The van der Waals surface area contributed by atoms with Crippen molar-refractivity contribution in [3.63, 3.8) is 0 Å². The highest BCUT2D eigenvalue weighted by Crippen LogP contribution is 2.29. The summed E-state index contributed by atoms with van der Waals surface area (Å²) in [6, 6.07) is 1.53. The van der Waals surface area contributed by atoms with E-state index in [1.807, 2.05) is 13.8 Å². The molecule has 3 heterocycles. The molecular weight excluding hydrogens is 588 g/mol. The third kappa shape index (κ3) is 8.69. The number of aryl methyl sites for hydroxylation is 1. The normalized spacial score (nSPS) is 19.3. The Hall–Kier alpha value is -3.32. The number of ether oxygens (including phenoxy) is 3. The Labute approximate surface area is 263 Å². The van der Waals surface area contributed by atoms with Crippen molar-refractivity contribution in [1.82, 2.24) is 24.3 Å². The highest BCUT2D eigenvalue weighted by Gasteiger charge is 2.42. The second-order valence-electron chi connectivity index (χ2n) is 13.3. The molecule has 2 aliphatic rings. The lowest BCUT2D eigenvalue weighted by Gasteiger charge is -2.44. The number of fused-ring (bicyclic) bond motifs is 1. The summed E-state index contributed by atoms with van der Waals surface area (Å²) < 4.78 is 46.6. The van der Waals surface area contributed by atoms with E-state index in [4.69, 9.17) is 14.2 Å². The van der Waals surface area contributed by atoms with Crippen LogP contribution in [-0.2, 0) is 25.5 Å². The molecule has 1 aromatic heterocycles. The molecule has 0 bridgehead atoms. The van der Waals surface area contributed by atoms with E-state index < -0.39 is 41.2 Å². The van der Waals surface area contributed by atoms with Crippen LogP contribution in [0.25, 0.3) is 11.0 Å². The zero-order valence-electron chi connectivity index (χ0n) is 27.3. The van der Waals surface area contributed by atoms with Crippen LogP contribution in [0.4, 0.5) is 13.6 Å². The molecule has 0 aliphatic carbocycles. The maximum Gasteiger partial charge on any atom is 0.410 e. The van der Waals surface area contributed by atoms with Crippen LogP contribution in [0.3, 0.4) is 0 Å². The van der Waals surface area contributed by atoms with Gasteiger partial charge in [-0.3, -0.25) is 9.59 Å². The van der Waals surface area contributed by atoms with E-state index in [0.717, 1.165) is 12.1 Å². The summed E-state index contributed by atoms with van der Waals surface area (Å²) in [7, 11) is 1.60. The average molecular weight is 636 g/mol. The molecule has 2 saturated heterocycles. The van der Waals surface area contributed by atoms with Gasteiger partial charge in [0.1, 0.15) is 5.60 Å². The van der Waals surface area contributed by atoms with Gasteiger partial charge in [0, 0.05) is 65.1 Å². The van der Waals surface area contributed by atoms with Crippen LogP contribution in [-0.4, -0.2) is 113 Å². The summed E-state index contributed by atoms with van der Waals surface area (Å²) in [6.07, 6.45) is 1.10. The molecule has 45 heavy (non-hydrogen) atoms. The molecule has 250 valence electrons. The molecule has 2 atom stereocenters. The van der Waals surface area contributed by atoms with Gasteiger partial charge < -0.3 is 33.5 Å². The maximum atomic E-state index is 14.5. The van der Waals surface area contributed by atoms with E-state index in [1.165, 1.54) is 4.90 Å². The highest BCUT2D eigenvalue weighted by molar-refractivity contribution is 5.95. The highest BCUT2D eigenvalue weighted by atomic mass is 19.2. The molecule has 3 amide bonds. The minimum atomic E-state index is -1.05. The lowest BCUT2D eigenvalue weighted by molar-refractivity contribution is -0.142. The molecule has 2 aliphatic heterocycles. The van der Waals surface area contributed by atoms with Crippen molar-refractivity contribution in [2.45, 2.75) is 72.1 Å². The standard InChI is InChI=1S/C32H47F2N5O6/c1-21(2)18-39(30(41)28-35-26-16-24(33)25(34)17-27(26)38(28)9-7-8-12-43-6)23-15-22(29(40)36-10-13-44-14-11-36)19-37(20-23)31(42)45-32(3,4)5/h16-17,21-23H,7-15,18-20H2,1-6H3/t22-,23+/m1/s1. The third-order valence-corrected chi connectivity index (χ3v) is 7.98. The Bertz CT molecular complexity index is 1350. The van der Waals surface area contributed by atoms with Crippen LogP contribution >= 0.6 is 0 Å². The number of carbonyl (C=O) groups is 3. The first-order valence-electron chi connectivity index (χ1n) is 15.8. The molecule has 0 N–H and O–H groups in total. The Morgan fingerprint density at radius 1 is 1.07 bits per heavy atom. The van der Waals surface area contributed by atoms with Crippen LogP contribution in [0.15, 0.2) is 12.1 Å². The predicted octanol–water partition coefficient (Wildman–Crippen LogP) is 4.32. The van der Waals surface area contributed by atoms with Gasteiger partial charge in [0.2, 0.25) is 5.91 Å². The number of likely N-dealkylation sites (tertiary alicyclic amines) is 1. The first-order valence-corrected chi connectivity index (χ1v) is 15.8. The monoisotopic (exact) mass is 635 g/mol. The van der Waals surface area contributed by atoms with Gasteiger partial charge in [0.05, 0.1) is 36.2 Å². The smallest absolute Gasteiger partial charge is 0.410 e. The summed E-state index contributed by atoms with van der Waals surface area (Å²) >= 11 is 0. The number of rotatable bonds is 10. The first kappa shape index (κ1) is 34.6. The number of methoxy groups -OCH3 is 1. The second-order valence-corrected chi connectivity index (χ2v) is 13.3. The molecule has 2 aromatic rings. The Balaban J connectivity index is 1.72. The number of benzene rings is 1. The van der Waals surface area contributed by atoms with Crippen molar-refractivity contribution in [1.29, 1.82) is 0 Å². The number of unbranched alkanes of at least 4 members (excludes halogenated alkanes) is 1. The number of hydrogen-bond donors (Lipinski definition) is 0. The molecule has 0 radical (unpaired) electrons. The number of aromatic nitrogens is 2. The largest absolute Gasteiger partial charge is 0.444 e. The lowest BCUT2D eigenvalue weighted by Crippen LogP contribution is -2.58. The van der Waals surface area contributed by atoms with Gasteiger partial charge in [-0.1, -0.05) is 13.8 Å². The maximum absolute atomic E-state index is 14.5. The van der Waals surface area contributed by atoms with Gasteiger partial charge in [0.25, 0.3) is 5.91 Å². The van der Waals surface area contributed by atoms with Crippen molar-refractivity contribution in [3.05, 3.63) is 29.6 Å². The van der Waals surface area contributed by atoms with E-state index in [0.29, 0.717) is 70.8 Å². The summed E-state index contributed by atoms with van der Waals surface area (Å²) in [5.74, 6) is -3.07. The van der Waals surface area contributed by atoms with Gasteiger partial charge in [-0.2, -0.15) is 0 Å². The van der Waals surface area contributed by atoms with E-state index in [-0.39, 0.29) is 36.3 Å². The molecule has 11 nitrogen and oxygen atoms in total. The summed E-state index contributed by atoms with van der Waals surface area (Å²) in [5.41, 5.74) is -0.259. The van der Waals surface area contributed by atoms with Gasteiger partial charge in [-0.15, -0.1) is 0 Å². The minimum Gasteiger partial charge on any atom is -0.444 e. The minimum absolute atomic E-state index is 0.0358. The van der Waals surface area contributed by atoms with Crippen LogP contribution in [0, 0.1) is 23.5 Å². The zero-order chi connectivity index (χ0) is 32.9. The predicted molar refractivity (Wildman–Crippen MR) is 164 cm³/mol. The number of hydrogen-bond acceptors (Lipinski definition) is 7. The summed E-state index contributed by atoms with van der Waals surface area (Å²) in [4.78, 5) is 51.0. The van der Waals surface area contributed by atoms with Crippen LogP contribution in [0.1, 0.15) is 64.5 Å². The number of amides is 3. The van der Waals surface area contributed by atoms with Crippen molar-refractivity contribution in [3.8, 4) is 0 Å². The van der Waals surface area contributed by atoms with Crippen molar-refractivity contribution < 1.29 is 37.4 Å². The average Bonchev–Trinajstić information content (AvgIpc) is 3.33. The van der Waals surface area contributed by atoms with E-state index in [1.54, 1.807) is 42.2 Å². The number of halogens is 2. The number of nitrogens with zero attached hydrogens (tertiary/aromatic N) is 5. The lowest BCUT2D eigenvalue weighted by atomic mass is 9.91. The molecule has 0 unspecified atom stereocenters. The summed E-state index contributed by atoms with van der Waals surface area (Å²) in [5, 5.41) is 0. The van der Waals surface area contributed by atoms with Crippen molar-refractivity contribution >= 4 is 28.9 Å². The van der Waals surface area contributed by atoms with E-state index in [9.17, 15) is 23.2 Å². The van der Waals surface area contributed by atoms with Crippen LogP contribution in [0.5, 0.6) is 0 Å².